The van der Waals surface area contributed by atoms with E-state index in [2.05, 4.69) is 11.1 Å². The minimum atomic E-state index is 0.162. The van der Waals surface area contributed by atoms with E-state index in [0.29, 0.717) is 5.56 Å². The van der Waals surface area contributed by atoms with Crippen LogP contribution in [0.5, 0.6) is 0 Å². The van der Waals surface area contributed by atoms with Gasteiger partial charge in [0, 0.05) is 18.0 Å². The van der Waals surface area contributed by atoms with E-state index in [1.54, 1.807) is 12.4 Å². The maximum atomic E-state index is 12.2. The second-order valence-electron chi connectivity index (χ2n) is 4.25. The lowest BCUT2D eigenvalue weighted by atomic mass is 9.95. The van der Waals surface area contributed by atoms with Crippen molar-refractivity contribution in [3.05, 3.63) is 41.7 Å². The van der Waals surface area contributed by atoms with Crippen molar-refractivity contribution in [2.24, 2.45) is 0 Å². The van der Waals surface area contributed by atoms with Gasteiger partial charge in [0.25, 0.3) is 0 Å². The van der Waals surface area contributed by atoms with Gasteiger partial charge in [-0.2, -0.15) is 0 Å². The number of Topliss-reactive ketones (excluding diaryl/α,β-unsaturated/α-hetero) is 1. The lowest BCUT2D eigenvalue weighted by Gasteiger charge is -2.10. The third-order valence-corrected chi connectivity index (χ3v) is 3.01. The van der Waals surface area contributed by atoms with Gasteiger partial charge >= 0.3 is 0 Å². The molecule has 1 aromatic rings. The van der Waals surface area contributed by atoms with Crippen molar-refractivity contribution in [3.8, 4) is 0 Å². The third-order valence-electron chi connectivity index (χ3n) is 3.01. The molecular weight excluding hydrogens is 198 g/mol. The van der Waals surface area contributed by atoms with Gasteiger partial charge < -0.3 is 0 Å². The van der Waals surface area contributed by atoms with Crippen LogP contribution in [0, 0.1) is 0 Å². The fourth-order valence-corrected chi connectivity index (χ4v) is 2.08. The van der Waals surface area contributed by atoms with Crippen LogP contribution in [-0.4, -0.2) is 10.8 Å². The molecule has 0 N–H and O–H groups in total. The molecule has 0 unspecified atom stereocenters. The van der Waals surface area contributed by atoms with Gasteiger partial charge in [-0.3, -0.25) is 9.78 Å². The molecule has 2 rings (SSSR count). The topological polar surface area (TPSA) is 30.0 Å². The normalized spacial score (nSPS) is 20.4. The highest BCUT2D eigenvalue weighted by Crippen LogP contribution is 2.20. The first-order valence-corrected chi connectivity index (χ1v) is 6.02. The summed E-state index contributed by atoms with van der Waals surface area (Å²) in [5.41, 5.74) is 1.70. The Morgan fingerprint density at radius 3 is 2.88 bits per heavy atom. The first-order chi connectivity index (χ1) is 7.88. The maximum absolute atomic E-state index is 12.2. The van der Waals surface area contributed by atoms with Crippen LogP contribution in [0.15, 0.2) is 36.2 Å². The van der Waals surface area contributed by atoms with Crippen molar-refractivity contribution in [1.29, 1.82) is 0 Å². The highest BCUT2D eigenvalue weighted by atomic mass is 16.1. The zero-order valence-corrected chi connectivity index (χ0v) is 9.48. The lowest BCUT2D eigenvalue weighted by Crippen LogP contribution is -2.05. The SMILES string of the molecule is O=C(/C1=C/CCCCCC1)c1cccnc1. The molecule has 0 amide bonds. The summed E-state index contributed by atoms with van der Waals surface area (Å²) in [4.78, 5) is 16.2. The molecule has 0 atom stereocenters. The molecule has 0 spiro atoms. The number of rotatable bonds is 2. The van der Waals surface area contributed by atoms with Crippen molar-refractivity contribution < 1.29 is 4.79 Å². The van der Waals surface area contributed by atoms with Crippen molar-refractivity contribution in [2.75, 3.05) is 0 Å². The summed E-state index contributed by atoms with van der Waals surface area (Å²) in [6, 6.07) is 3.66. The average Bonchev–Trinajstić information content (AvgIpc) is 2.29. The van der Waals surface area contributed by atoms with E-state index in [1.165, 1.54) is 19.3 Å². The van der Waals surface area contributed by atoms with Gasteiger partial charge in [0.1, 0.15) is 0 Å². The average molecular weight is 215 g/mol. The summed E-state index contributed by atoms with van der Waals surface area (Å²) in [6.07, 6.45) is 12.3. The number of carbonyl (C=O) groups is 1. The van der Waals surface area contributed by atoms with Gasteiger partial charge in [0.15, 0.2) is 5.78 Å². The van der Waals surface area contributed by atoms with E-state index in [4.69, 9.17) is 0 Å². The van der Waals surface area contributed by atoms with Crippen LogP contribution >= 0.6 is 0 Å². The quantitative estimate of drug-likeness (QED) is 0.706. The van der Waals surface area contributed by atoms with Gasteiger partial charge in [-0.05, 0) is 43.4 Å². The second kappa shape index (κ2) is 5.59. The zero-order chi connectivity index (χ0) is 11.2. The third kappa shape index (κ3) is 2.78. The van der Waals surface area contributed by atoms with Crippen LogP contribution in [-0.2, 0) is 0 Å². The van der Waals surface area contributed by atoms with Crippen LogP contribution < -0.4 is 0 Å². The number of ketones is 1. The highest BCUT2D eigenvalue weighted by Gasteiger charge is 2.12. The number of hydrogen-bond acceptors (Lipinski definition) is 2. The van der Waals surface area contributed by atoms with Crippen LogP contribution in [0.3, 0.4) is 0 Å². The van der Waals surface area contributed by atoms with Crippen LogP contribution in [0.2, 0.25) is 0 Å². The molecule has 0 aromatic carbocycles. The second-order valence-corrected chi connectivity index (χ2v) is 4.25. The van der Waals surface area contributed by atoms with E-state index in [9.17, 15) is 4.79 Å². The monoisotopic (exact) mass is 215 g/mol. The minimum Gasteiger partial charge on any atom is -0.289 e. The van der Waals surface area contributed by atoms with E-state index in [1.807, 2.05) is 12.1 Å². The lowest BCUT2D eigenvalue weighted by molar-refractivity contribution is 0.102. The number of carbonyl (C=O) groups excluding carboxylic acids is 1. The largest absolute Gasteiger partial charge is 0.289 e. The molecular formula is C14H17NO. The molecule has 0 saturated carbocycles. The van der Waals surface area contributed by atoms with Crippen molar-refractivity contribution in [3.63, 3.8) is 0 Å². The molecule has 16 heavy (non-hydrogen) atoms. The van der Waals surface area contributed by atoms with E-state index >= 15 is 0 Å². The molecule has 2 nitrogen and oxygen atoms in total. The molecule has 1 aromatic heterocycles. The van der Waals surface area contributed by atoms with Crippen LogP contribution in [0.4, 0.5) is 0 Å². The summed E-state index contributed by atoms with van der Waals surface area (Å²) in [7, 11) is 0. The fourth-order valence-electron chi connectivity index (χ4n) is 2.08. The predicted octanol–water partition coefficient (Wildman–Crippen LogP) is 3.54. The Balaban J connectivity index is 2.14. The van der Waals surface area contributed by atoms with Gasteiger partial charge in [-0.15, -0.1) is 0 Å². The molecule has 2 heteroatoms. The van der Waals surface area contributed by atoms with Crippen LogP contribution in [0.25, 0.3) is 0 Å². The predicted molar refractivity (Wildman–Crippen MR) is 64.4 cm³/mol. The number of hydrogen-bond donors (Lipinski definition) is 0. The Morgan fingerprint density at radius 2 is 2.06 bits per heavy atom. The summed E-state index contributed by atoms with van der Waals surface area (Å²) < 4.78 is 0. The van der Waals surface area contributed by atoms with Gasteiger partial charge in [-0.25, -0.2) is 0 Å². The summed E-state index contributed by atoms with van der Waals surface area (Å²) >= 11 is 0. The summed E-state index contributed by atoms with van der Waals surface area (Å²) in [5, 5.41) is 0. The molecule has 1 aliphatic carbocycles. The van der Waals surface area contributed by atoms with Gasteiger partial charge in [0.2, 0.25) is 0 Å². The Labute approximate surface area is 96.4 Å². The van der Waals surface area contributed by atoms with Crippen molar-refractivity contribution in [1.82, 2.24) is 4.98 Å². The first kappa shape index (κ1) is 11.1. The van der Waals surface area contributed by atoms with Gasteiger partial charge in [0.05, 0.1) is 0 Å². The van der Waals surface area contributed by atoms with E-state index in [-0.39, 0.29) is 5.78 Å². The number of aromatic nitrogens is 1. The molecule has 84 valence electrons. The standard InChI is InChI=1S/C14H17NO/c16-14(13-9-6-10-15-11-13)12-7-4-2-1-3-5-8-12/h6-7,9-11H,1-5,8H2/b12-7+. The molecule has 0 bridgehead atoms. The molecule has 0 fully saturated rings. The van der Waals surface area contributed by atoms with E-state index in [0.717, 1.165) is 24.8 Å². The first-order valence-electron chi connectivity index (χ1n) is 6.02. The van der Waals surface area contributed by atoms with Crippen LogP contribution in [0.1, 0.15) is 48.9 Å². The smallest absolute Gasteiger partial charge is 0.190 e. The minimum absolute atomic E-state index is 0.162. The van der Waals surface area contributed by atoms with Crippen molar-refractivity contribution in [2.45, 2.75) is 38.5 Å². The van der Waals surface area contributed by atoms with Gasteiger partial charge in [-0.1, -0.05) is 18.9 Å². The number of pyridine rings is 1. The Bertz CT molecular complexity index is 381. The van der Waals surface area contributed by atoms with Crippen molar-refractivity contribution >= 4 is 5.78 Å². The Kier molecular flexibility index (Phi) is 3.86. The summed E-state index contributed by atoms with van der Waals surface area (Å²) in [6.45, 7) is 0. The molecule has 1 aliphatic rings. The molecule has 1 heterocycles. The Morgan fingerprint density at radius 1 is 1.19 bits per heavy atom. The number of nitrogens with zero attached hydrogens (tertiary/aromatic N) is 1. The molecule has 0 aliphatic heterocycles. The fraction of sp³-hybridized carbons (Fsp3) is 0.429. The molecule has 0 saturated heterocycles. The molecule has 0 radical (unpaired) electrons. The maximum Gasteiger partial charge on any atom is 0.190 e. The highest BCUT2D eigenvalue weighted by molar-refractivity contribution is 6.08. The zero-order valence-electron chi connectivity index (χ0n) is 9.48. The summed E-state index contributed by atoms with van der Waals surface area (Å²) in [5.74, 6) is 0.162. The van der Waals surface area contributed by atoms with E-state index < -0.39 is 0 Å². The Hall–Kier alpha value is -1.44. The number of allylic oxidation sites excluding steroid dienone is 2.